The first kappa shape index (κ1) is 12.4. The third-order valence-electron chi connectivity index (χ3n) is 4.26. The molecule has 1 aromatic heterocycles. The maximum absolute atomic E-state index is 4.25. The van der Waals surface area contributed by atoms with E-state index in [-0.39, 0.29) is 0 Å². The van der Waals surface area contributed by atoms with Gasteiger partial charge in [-0.2, -0.15) is 5.10 Å². The number of aromatic nitrogens is 2. The maximum atomic E-state index is 4.25. The number of rotatable bonds is 5. The van der Waals surface area contributed by atoms with Gasteiger partial charge in [-0.05, 0) is 36.3 Å². The van der Waals surface area contributed by atoms with Gasteiger partial charge in [0.2, 0.25) is 0 Å². The Kier molecular flexibility index (Phi) is 3.38. The Labute approximate surface area is 114 Å². The van der Waals surface area contributed by atoms with Gasteiger partial charge in [0.15, 0.2) is 0 Å². The minimum atomic E-state index is 0.436. The fraction of sp³-hybridized carbons (Fsp3) is 0.438. The lowest BCUT2D eigenvalue weighted by Crippen LogP contribution is -2.54. The summed E-state index contributed by atoms with van der Waals surface area (Å²) in [7, 11) is 2.03. The second-order valence-corrected chi connectivity index (χ2v) is 5.71. The van der Waals surface area contributed by atoms with Crippen molar-refractivity contribution in [3.05, 3.63) is 53.9 Å². The summed E-state index contributed by atoms with van der Waals surface area (Å²) < 4.78 is 1.99. The number of nitrogens with zero attached hydrogens (tertiary/aromatic N) is 2. The van der Waals surface area contributed by atoms with Gasteiger partial charge < -0.3 is 5.32 Å². The van der Waals surface area contributed by atoms with Crippen LogP contribution in [0.4, 0.5) is 0 Å². The van der Waals surface area contributed by atoms with Gasteiger partial charge in [-0.15, -0.1) is 0 Å². The van der Waals surface area contributed by atoms with E-state index in [1.807, 2.05) is 17.9 Å². The zero-order valence-corrected chi connectivity index (χ0v) is 11.5. The average Bonchev–Trinajstić information content (AvgIpc) is 2.79. The highest BCUT2D eigenvalue weighted by atomic mass is 15.2. The zero-order chi connectivity index (χ0) is 13.1. The van der Waals surface area contributed by atoms with Crippen molar-refractivity contribution in [2.75, 3.05) is 13.1 Å². The number of aryl methyl sites for hydroxylation is 2. The molecule has 0 atom stereocenters. The molecule has 1 aliphatic heterocycles. The Morgan fingerprint density at radius 2 is 2.00 bits per heavy atom. The summed E-state index contributed by atoms with van der Waals surface area (Å²) in [6, 6.07) is 13.0. The molecule has 1 saturated heterocycles. The molecule has 1 aromatic carbocycles. The van der Waals surface area contributed by atoms with E-state index in [0.717, 1.165) is 19.5 Å². The predicted octanol–water partition coefficient (Wildman–Crippen LogP) is 2.18. The highest BCUT2D eigenvalue weighted by Crippen LogP contribution is 2.32. The van der Waals surface area contributed by atoms with Gasteiger partial charge in [0, 0.05) is 32.0 Å². The van der Waals surface area contributed by atoms with Gasteiger partial charge in [0.1, 0.15) is 0 Å². The molecule has 0 aliphatic carbocycles. The van der Waals surface area contributed by atoms with Crippen molar-refractivity contribution in [2.24, 2.45) is 12.5 Å². The monoisotopic (exact) mass is 255 g/mol. The van der Waals surface area contributed by atoms with Crippen LogP contribution in [0.2, 0.25) is 0 Å². The number of nitrogens with one attached hydrogen (secondary N) is 1. The van der Waals surface area contributed by atoms with Gasteiger partial charge in [0.05, 0.1) is 0 Å². The Morgan fingerprint density at radius 3 is 2.58 bits per heavy atom. The molecule has 100 valence electrons. The van der Waals surface area contributed by atoms with Crippen molar-refractivity contribution >= 4 is 0 Å². The second-order valence-electron chi connectivity index (χ2n) is 5.71. The predicted molar refractivity (Wildman–Crippen MR) is 77.0 cm³/mol. The van der Waals surface area contributed by atoms with Crippen LogP contribution >= 0.6 is 0 Å². The molecule has 1 aliphatic rings. The molecule has 3 rings (SSSR count). The summed E-state index contributed by atoms with van der Waals surface area (Å²) in [4.78, 5) is 0. The van der Waals surface area contributed by atoms with E-state index in [4.69, 9.17) is 0 Å². The van der Waals surface area contributed by atoms with Crippen molar-refractivity contribution < 1.29 is 0 Å². The van der Waals surface area contributed by atoms with Crippen LogP contribution in [0.15, 0.2) is 42.6 Å². The lowest BCUT2D eigenvalue weighted by atomic mass is 9.72. The van der Waals surface area contributed by atoms with Crippen molar-refractivity contribution in [1.82, 2.24) is 15.1 Å². The fourth-order valence-electron chi connectivity index (χ4n) is 2.94. The molecule has 0 amide bonds. The number of benzene rings is 1. The smallest absolute Gasteiger partial charge is 0.0492 e. The van der Waals surface area contributed by atoms with E-state index >= 15 is 0 Å². The average molecular weight is 255 g/mol. The topological polar surface area (TPSA) is 29.9 Å². The third-order valence-corrected chi connectivity index (χ3v) is 4.26. The van der Waals surface area contributed by atoms with Crippen molar-refractivity contribution in [3.63, 3.8) is 0 Å². The van der Waals surface area contributed by atoms with E-state index in [0.29, 0.717) is 5.41 Å². The number of hydrogen-bond donors (Lipinski definition) is 1. The molecule has 3 heteroatoms. The van der Waals surface area contributed by atoms with Gasteiger partial charge in [-0.25, -0.2) is 0 Å². The van der Waals surface area contributed by atoms with Gasteiger partial charge in [0.25, 0.3) is 0 Å². The van der Waals surface area contributed by atoms with E-state index in [2.05, 4.69) is 46.8 Å². The van der Waals surface area contributed by atoms with Crippen LogP contribution in [-0.4, -0.2) is 22.9 Å². The van der Waals surface area contributed by atoms with Crippen LogP contribution in [0.3, 0.4) is 0 Å². The molecule has 3 nitrogen and oxygen atoms in total. The first-order valence-electron chi connectivity index (χ1n) is 6.99. The Morgan fingerprint density at radius 1 is 1.21 bits per heavy atom. The van der Waals surface area contributed by atoms with E-state index < -0.39 is 0 Å². The lowest BCUT2D eigenvalue weighted by Gasteiger charge is -2.43. The van der Waals surface area contributed by atoms with E-state index in [1.54, 1.807) is 0 Å². The van der Waals surface area contributed by atoms with Crippen LogP contribution in [0, 0.1) is 5.41 Å². The van der Waals surface area contributed by atoms with Crippen molar-refractivity contribution in [3.8, 4) is 0 Å². The molecule has 0 spiro atoms. The van der Waals surface area contributed by atoms with Crippen LogP contribution in [0.25, 0.3) is 0 Å². The molecule has 2 heterocycles. The highest BCUT2D eigenvalue weighted by molar-refractivity contribution is 5.18. The van der Waals surface area contributed by atoms with Crippen LogP contribution in [-0.2, 0) is 19.9 Å². The van der Waals surface area contributed by atoms with Crippen LogP contribution < -0.4 is 5.32 Å². The minimum Gasteiger partial charge on any atom is -0.316 e. The lowest BCUT2D eigenvalue weighted by molar-refractivity contribution is 0.151. The maximum Gasteiger partial charge on any atom is 0.0492 e. The van der Waals surface area contributed by atoms with Crippen LogP contribution in [0.5, 0.6) is 0 Å². The zero-order valence-electron chi connectivity index (χ0n) is 11.5. The van der Waals surface area contributed by atoms with Gasteiger partial charge in [-0.3, -0.25) is 4.68 Å². The first-order valence-corrected chi connectivity index (χ1v) is 6.99. The number of hydrogen-bond acceptors (Lipinski definition) is 2. The SMILES string of the molecule is Cn1nccc1CCC1(Cc2ccccc2)CNC1. The molecule has 0 unspecified atom stereocenters. The van der Waals surface area contributed by atoms with Crippen molar-refractivity contribution in [1.29, 1.82) is 0 Å². The Balaban J connectivity index is 1.65. The molecule has 0 radical (unpaired) electrons. The summed E-state index contributed by atoms with van der Waals surface area (Å²) in [5.74, 6) is 0. The minimum absolute atomic E-state index is 0.436. The first-order chi connectivity index (χ1) is 9.27. The van der Waals surface area contributed by atoms with Crippen molar-refractivity contribution in [2.45, 2.75) is 19.3 Å². The molecule has 1 fully saturated rings. The highest BCUT2D eigenvalue weighted by Gasteiger charge is 2.36. The Hall–Kier alpha value is -1.61. The third kappa shape index (κ3) is 2.71. The summed E-state index contributed by atoms with van der Waals surface area (Å²) in [5, 5.41) is 7.69. The summed E-state index contributed by atoms with van der Waals surface area (Å²) >= 11 is 0. The van der Waals surface area contributed by atoms with Gasteiger partial charge >= 0.3 is 0 Å². The molecule has 0 saturated carbocycles. The van der Waals surface area contributed by atoms with Crippen LogP contribution in [0.1, 0.15) is 17.7 Å². The fourth-order valence-corrected chi connectivity index (χ4v) is 2.94. The van der Waals surface area contributed by atoms with E-state index in [9.17, 15) is 0 Å². The second kappa shape index (κ2) is 5.17. The summed E-state index contributed by atoms with van der Waals surface area (Å²) in [5.41, 5.74) is 3.22. The standard InChI is InChI=1S/C16H21N3/c1-19-15(8-10-18-19)7-9-16(12-17-13-16)11-14-5-3-2-4-6-14/h2-6,8,10,17H,7,9,11-13H2,1H3. The summed E-state index contributed by atoms with van der Waals surface area (Å²) in [6.07, 6.45) is 5.41. The molecule has 19 heavy (non-hydrogen) atoms. The molecular weight excluding hydrogens is 234 g/mol. The molecule has 1 N–H and O–H groups in total. The van der Waals surface area contributed by atoms with Gasteiger partial charge in [-0.1, -0.05) is 30.3 Å². The molecular formula is C16H21N3. The van der Waals surface area contributed by atoms with E-state index in [1.165, 1.54) is 24.1 Å². The largest absolute Gasteiger partial charge is 0.316 e. The normalized spacial score (nSPS) is 17.1. The Bertz CT molecular complexity index is 526. The molecule has 2 aromatic rings. The quantitative estimate of drug-likeness (QED) is 0.887. The summed E-state index contributed by atoms with van der Waals surface area (Å²) in [6.45, 7) is 2.28. The molecule has 0 bridgehead atoms.